The second-order valence-electron chi connectivity index (χ2n) is 7.85. The lowest BCUT2D eigenvalue weighted by atomic mass is 9.94. The van der Waals surface area contributed by atoms with Gasteiger partial charge in [-0.2, -0.15) is 0 Å². The van der Waals surface area contributed by atoms with Gasteiger partial charge in [0.25, 0.3) is 11.7 Å². The van der Waals surface area contributed by atoms with E-state index in [1.165, 1.54) is 23.1 Å². The average Bonchev–Trinajstić information content (AvgIpc) is 3.00. The zero-order valence-electron chi connectivity index (χ0n) is 18.7. The standard InChI is InChI=1S/C25H28FNO5/c1-5-31-20-11-10-17(14-16(20)4)23(28)21-22(18-8-6-7-9-19(18)26)27(25(30)24(21)29)12-13-32-15(2)3/h6-11,14-15,22,28H,5,12-13H2,1-4H3/b23-21+. The van der Waals surface area contributed by atoms with Crippen molar-refractivity contribution in [3.05, 3.63) is 70.5 Å². The number of halogens is 1. The molecule has 32 heavy (non-hydrogen) atoms. The molecule has 1 N–H and O–H groups in total. The number of ether oxygens (including phenoxy) is 2. The van der Waals surface area contributed by atoms with E-state index in [1.807, 2.05) is 27.7 Å². The van der Waals surface area contributed by atoms with Gasteiger partial charge in [0.2, 0.25) is 0 Å². The van der Waals surface area contributed by atoms with Gasteiger partial charge in [-0.15, -0.1) is 0 Å². The predicted octanol–water partition coefficient (Wildman–Crippen LogP) is 4.38. The molecule has 170 valence electrons. The van der Waals surface area contributed by atoms with Gasteiger partial charge in [-0.3, -0.25) is 9.59 Å². The number of aliphatic hydroxyl groups is 1. The Morgan fingerprint density at radius 3 is 2.53 bits per heavy atom. The Kier molecular flexibility index (Phi) is 7.30. The highest BCUT2D eigenvalue weighted by Gasteiger charge is 2.46. The van der Waals surface area contributed by atoms with Gasteiger partial charge in [0, 0.05) is 17.7 Å². The molecule has 0 saturated carbocycles. The highest BCUT2D eigenvalue weighted by atomic mass is 19.1. The molecule has 1 unspecified atom stereocenters. The number of rotatable bonds is 8. The third kappa shape index (κ3) is 4.67. The Morgan fingerprint density at radius 1 is 1.19 bits per heavy atom. The maximum atomic E-state index is 14.8. The molecule has 2 aromatic rings. The third-order valence-corrected chi connectivity index (χ3v) is 5.27. The Hall–Kier alpha value is -3.19. The first kappa shape index (κ1) is 23.5. The number of amides is 1. The molecule has 1 aliphatic rings. The van der Waals surface area contributed by atoms with E-state index in [9.17, 15) is 19.1 Å². The number of benzene rings is 2. The predicted molar refractivity (Wildman–Crippen MR) is 119 cm³/mol. The second-order valence-corrected chi connectivity index (χ2v) is 7.85. The van der Waals surface area contributed by atoms with Gasteiger partial charge < -0.3 is 19.5 Å². The van der Waals surface area contributed by atoms with E-state index < -0.39 is 23.5 Å². The van der Waals surface area contributed by atoms with E-state index in [-0.39, 0.29) is 36.2 Å². The van der Waals surface area contributed by atoms with Crippen molar-refractivity contribution in [2.24, 2.45) is 0 Å². The highest BCUT2D eigenvalue weighted by molar-refractivity contribution is 6.46. The summed E-state index contributed by atoms with van der Waals surface area (Å²) < 4.78 is 25.8. The molecule has 1 amide bonds. The van der Waals surface area contributed by atoms with Crippen LogP contribution in [-0.4, -0.2) is 47.6 Å². The molecule has 1 heterocycles. The molecule has 1 atom stereocenters. The lowest BCUT2D eigenvalue weighted by Crippen LogP contribution is -2.33. The second kappa shape index (κ2) is 9.96. The van der Waals surface area contributed by atoms with E-state index in [2.05, 4.69) is 0 Å². The normalized spacial score (nSPS) is 17.9. The third-order valence-electron chi connectivity index (χ3n) is 5.27. The van der Waals surface area contributed by atoms with Gasteiger partial charge in [0.05, 0.1) is 30.9 Å². The van der Waals surface area contributed by atoms with Gasteiger partial charge in [0.15, 0.2) is 0 Å². The van der Waals surface area contributed by atoms with E-state index in [4.69, 9.17) is 9.47 Å². The van der Waals surface area contributed by atoms with Crippen molar-refractivity contribution in [2.75, 3.05) is 19.8 Å². The number of nitrogens with zero attached hydrogens (tertiary/aromatic N) is 1. The highest BCUT2D eigenvalue weighted by Crippen LogP contribution is 2.40. The molecule has 1 fully saturated rings. The number of hydrogen-bond donors (Lipinski definition) is 1. The molecule has 0 spiro atoms. The number of carbonyl (C=O) groups is 2. The molecular weight excluding hydrogens is 413 g/mol. The molecule has 2 aromatic carbocycles. The summed E-state index contributed by atoms with van der Waals surface area (Å²) in [6, 6.07) is 9.86. The van der Waals surface area contributed by atoms with Gasteiger partial charge in [-0.1, -0.05) is 18.2 Å². The fourth-order valence-electron chi connectivity index (χ4n) is 3.79. The van der Waals surface area contributed by atoms with Crippen LogP contribution in [0, 0.1) is 12.7 Å². The number of Topliss-reactive ketones (excluding diaryl/α,β-unsaturated/α-hetero) is 1. The number of carbonyl (C=O) groups excluding carboxylic acids is 2. The largest absolute Gasteiger partial charge is 0.507 e. The lowest BCUT2D eigenvalue weighted by Gasteiger charge is -2.26. The molecular formula is C25H28FNO5. The van der Waals surface area contributed by atoms with Crippen molar-refractivity contribution in [2.45, 2.75) is 39.8 Å². The Balaban J connectivity index is 2.11. The zero-order valence-corrected chi connectivity index (χ0v) is 18.7. The number of aryl methyl sites for hydroxylation is 1. The lowest BCUT2D eigenvalue weighted by molar-refractivity contribution is -0.140. The summed E-state index contributed by atoms with van der Waals surface area (Å²) in [5.41, 5.74) is 1.11. The number of hydrogen-bond acceptors (Lipinski definition) is 5. The summed E-state index contributed by atoms with van der Waals surface area (Å²) in [5.74, 6) is -1.92. The van der Waals surface area contributed by atoms with Crippen molar-refractivity contribution in [1.82, 2.24) is 4.90 Å². The molecule has 6 nitrogen and oxygen atoms in total. The number of likely N-dealkylation sites (tertiary alicyclic amines) is 1. The quantitative estimate of drug-likeness (QED) is 0.374. The van der Waals surface area contributed by atoms with Gasteiger partial charge in [0.1, 0.15) is 17.3 Å². The Morgan fingerprint density at radius 2 is 1.91 bits per heavy atom. The van der Waals surface area contributed by atoms with Crippen LogP contribution in [0.3, 0.4) is 0 Å². The fourth-order valence-corrected chi connectivity index (χ4v) is 3.79. The van der Waals surface area contributed by atoms with E-state index in [0.29, 0.717) is 17.9 Å². The summed E-state index contributed by atoms with van der Waals surface area (Å²) in [5, 5.41) is 11.1. The minimum absolute atomic E-state index is 0.0643. The minimum atomic E-state index is -1.06. The maximum absolute atomic E-state index is 14.8. The van der Waals surface area contributed by atoms with Crippen molar-refractivity contribution in [1.29, 1.82) is 0 Å². The SMILES string of the molecule is CCOc1ccc(/C(O)=C2\C(=O)C(=O)N(CCOC(C)C)C2c2ccccc2F)cc1C. The summed E-state index contributed by atoms with van der Waals surface area (Å²) in [7, 11) is 0. The Labute approximate surface area is 187 Å². The molecule has 0 aromatic heterocycles. The maximum Gasteiger partial charge on any atom is 0.295 e. The van der Waals surface area contributed by atoms with Crippen LogP contribution < -0.4 is 4.74 Å². The topological polar surface area (TPSA) is 76.1 Å². The Bertz CT molecular complexity index is 1050. The molecule has 0 radical (unpaired) electrons. The van der Waals surface area contributed by atoms with Crippen LogP contribution in [0.25, 0.3) is 5.76 Å². The van der Waals surface area contributed by atoms with Gasteiger partial charge >= 0.3 is 0 Å². The van der Waals surface area contributed by atoms with E-state index >= 15 is 0 Å². The van der Waals surface area contributed by atoms with Gasteiger partial charge in [-0.05, 0) is 57.5 Å². The summed E-state index contributed by atoms with van der Waals surface area (Å²) in [6.45, 7) is 8.15. The zero-order chi connectivity index (χ0) is 23.4. The molecule has 7 heteroatoms. The average molecular weight is 441 g/mol. The van der Waals surface area contributed by atoms with Crippen molar-refractivity contribution < 1.29 is 28.6 Å². The molecule has 0 bridgehead atoms. The van der Waals surface area contributed by atoms with Crippen LogP contribution in [0.5, 0.6) is 5.75 Å². The first-order chi connectivity index (χ1) is 15.3. The van der Waals surface area contributed by atoms with Crippen LogP contribution in [-0.2, 0) is 14.3 Å². The smallest absolute Gasteiger partial charge is 0.295 e. The van der Waals surface area contributed by atoms with Crippen LogP contribution in [0.2, 0.25) is 0 Å². The fraction of sp³-hybridized carbons (Fsp3) is 0.360. The first-order valence-corrected chi connectivity index (χ1v) is 10.6. The van der Waals surface area contributed by atoms with Crippen LogP contribution >= 0.6 is 0 Å². The van der Waals surface area contributed by atoms with Crippen molar-refractivity contribution in [3.63, 3.8) is 0 Å². The van der Waals surface area contributed by atoms with Gasteiger partial charge in [-0.25, -0.2) is 4.39 Å². The number of aliphatic hydroxyl groups excluding tert-OH is 1. The van der Waals surface area contributed by atoms with E-state index in [0.717, 1.165) is 5.56 Å². The van der Waals surface area contributed by atoms with Crippen LogP contribution in [0.15, 0.2) is 48.0 Å². The van der Waals surface area contributed by atoms with Crippen LogP contribution in [0.4, 0.5) is 4.39 Å². The summed E-state index contributed by atoms with van der Waals surface area (Å²) >= 11 is 0. The molecule has 0 aliphatic carbocycles. The van der Waals surface area contributed by atoms with Crippen LogP contribution in [0.1, 0.15) is 43.5 Å². The molecule has 3 rings (SSSR count). The molecule has 1 aliphatic heterocycles. The summed E-state index contributed by atoms with van der Waals surface area (Å²) in [4.78, 5) is 27.1. The van der Waals surface area contributed by atoms with Crippen molar-refractivity contribution >= 4 is 17.4 Å². The monoisotopic (exact) mass is 441 g/mol. The molecule has 1 saturated heterocycles. The first-order valence-electron chi connectivity index (χ1n) is 10.6. The minimum Gasteiger partial charge on any atom is -0.507 e. The number of ketones is 1. The van der Waals surface area contributed by atoms with E-state index in [1.54, 1.807) is 24.3 Å². The van der Waals surface area contributed by atoms with Crippen molar-refractivity contribution in [3.8, 4) is 5.75 Å². The summed E-state index contributed by atoms with van der Waals surface area (Å²) in [6.07, 6.45) is -0.0643.